The minimum Gasteiger partial charge on any atom is -0.497 e. The molecule has 7 nitrogen and oxygen atoms in total. The molecule has 0 saturated heterocycles. The lowest BCUT2D eigenvalue weighted by molar-refractivity contribution is -0.121. The first-order valence-electron chi connectivity index (χ1n) is 8.39. The van der Waals surface area contributed by atoms with Crippen LogP contribution in [0.4, 0.5) is 0 Å². The highest BCUT2D eigenvalue weighted by atomic mass is 16.5. The standard InChI is InChI=1S/C19H20N4O3/c1-26-15-8-6-14(7-9-15)10-12-20-18(24)11-13-23-19(25)16-4-2-3-5-17(16)21-22-23/h2-9H,10-13H2,1H3,(H,20,24). The van der Waals surface area contributed by atoms with E-state index >= 15 is 0 Å². The summed E-state index contributed by atoms with van der Waals surface area (Å²) in [6, 6.07) is 14.7. The van der Waals surface area contributed by atoms with Crippen molar-refractivity contribution in [1.29, 1.82) is 0 Å². The molecule has 1 amide bonds. The van der Waals surface area contributed by atoms with Gasteiger partial charge in [0.05, 0.1) is 19.0 Å². The van der Waals surface area contributed by atoms with E-state index in [1.165, 1.54) is 4.68 Å². The molecule has 0 aliphatic rings. The van der Waals surface area contributed by atoms with Gasteiger partial charge in [-0.3, -0.25) is 9.59 Å². The largest absolute Gasteiger partial charge is 0.497 e. The van der Waals surface area contributed by atoms with Crippen molar-refractivity contribution in [2.75, 3.05) is 13.7 Å². The van der Waals surface area contributed by atoms with Crippen LogP contribution < -0.4 is 15.6 Å². The van der Waals surface area contributed by atoms with E-state index in [0.717, 1.165) is 17.7 Å². The van der Waals surface area contributed by atoms with Crippen molar-refractivity contribution in [3.63, 3.8) is 0 Å². The van der Waals surface area contributed by atoms with Crippen molar-refractivity contribution in [2.24, 2.45) is 0 Å². The number of aryl methyl sites for hydroxylation is 1. The second-order valence-electron chi connectivity index (χ2n) is 5.83. The zero-order valence-electron chi connectivity index (χ0n) is 14.5. The number of benzene rings is 2. The summed E-state index contributed by atoms with van der Waals surface area (Å²) >= 11 is 0. The van der Waals surface area contributed by atoms with Crippen LogP contribution in [0.25, 0.3) is 10.9 Å². The second kappa shape index (κ2) is 8.24. The number of carbonyl (C=O) groups excluding carboxylic acids is 1. The van der Waals surface area contributed by atoms with Gasteiger partial charge in [-0.05, 0) is 36.2 Å². The lowest BCUT2D eigenvalue weighted by atomic mass is 10.1. The Morgan fingerprint density at radius 2 is 1.92 bits per heavy atom. The first-order chi connectivity index (χ1) is 12.7. The number of ether oxygens (including phenoxy) is 1. The maximum atomic E-state index is 12.3. The Bertz CT molecular complexity index is 951. The van der Waals surface area contributed by atoms with Crippen molar-refractivity contribution in [2.45, 2.75) is 19.4 Å². The highest BCUT2D eigenvalue weighted by Crippen LogP contribution is 2.11. The first kappa shape index (κ1) is 17.6. The zero-order valence-corrected chi connectivity index (χ0v) is 14.5. The van der Waals surface area contributed by atoms with Crippen LogP contribution in [-0.2, 0) is 17.8 Å². The number of nitrogens with one attached hydrogen (secondary N) is 1. The van der Waals surface area contributed by atoms with E-state index in [0.29, 0.717) is 17.4 Å². The van der Waals surface area contributed by atoms with E-state index in [-0.39, 0.29) is 24.4 Å². The Balaban J connectivity index is 1.49. The number of amides is 1. The number of fused-ring (bicyclic) bond motifs is 1. The molecule has 3 rings (SSSR count). The molecule has 1 heterocycles. The van der Waals surface area contributed by atoms with Crippen LogP contribution in [0.2, 0.25) is 0 Å². The van der Waals surface area contributed by atoms with Crippen molar-refractivity contribution >= 4 is 16.8 Å². The minimum atomic E-state index is -0.235. The molecule has 0 unspecified atom stereocenters. The molecule has 0 aliphatic carbocycles. The van der Waals surface area contributed by atoms with E-state index in [4.69, 9.17) is 4.74 Å². The summed E-state index contributed by atoms with van der Waals surface area (Å²) < 4.78 is 6.34. The fourth-order valence-electron chi connectivity index (χ4n) is 2.60. The summed E-state index contributed by atoms with van der Waals surface area (Å²) in [5, 5.41) is 11.2. The van der Waals surface area contributed by atoms with Gasteiger partial charge in [-0.1, -0.05) is 29.5 Å². The van der Waals surface area contributed by atoms with Gasteiger partial charge in [-0.2, -0.15) is 0 Å². The van der Waals surface area contributed by atoms with Crippen LogP contribution in [0.5, 0.6) is 5.75 Å². The number of hydrogen-bond acceptors (Lipinski definition) is 5. The van der Waals surface area contributed by atoms with Gasteiger partial charge in [0.15, 0.2) is 0 Å². The van der Waals surface area contributed by atoms with Crippen molar-refractivity contribution in [3.8, 4) is 5.75 Å². The van der Waals surface area contributed by atoms with Crippen molar-refractivity contribution in [1.82, 2.24) is 20.3 Å². The summed E-state index contributed by atoms with van der Waals surface area (Å²) in [5.41, 5.74) is 1.43. The van der Waals surface area contributed by atoms with Crippen LogP contribution >= 0.6 is 0 Å². The summed E-state index contributed by atoms with van der Waals surface area (Å²) in [6.07, 6.45) is 0.904. The quantitative estimate of drug-likeness (QED) is 0.697. The van der Waals surface area contributed by atoms with Crippen LogP contribution in [0, 0.1) is 0 Å². The molecule has 0 spiro atoms. The predicted molar refractivity (Wildman–Crippen MR) is 98.1 cm³/mol. The molecular formula is C19H20N4O3. The number of carbonyl (C=O) groups is 1. The summed E-state index contributed by atoms with van der Waals surface area (Å²) in [6.45, 7) is 0.731. The van der Waals surface area contributed by atoms with Gasteiger partial charge in [0, 0.05) is 13.0 Å². The van der Waals surface area contributed by atoms with Crippen LogP contribution in [0.1, 0.15) is 12.0 Å². The van der Waals surface area contributed by atoms with Gasteiger partial charge in [0.25, 0.3) is 5.56 Å². The molecule has 3 aromatic rings. The number of nitrogens with zero attached hydrogens (tertiary/aromatic N) is 3. The van der Waals surface area contributed by atoms with Gasteiger partial charge in [0.1, 0.15) is 11.3 Å². The SMILES string of the molecule is COc1ccc(CCNC(=O)CCn2nnc3ccccc3c2=O)cc1. The molecule has 26 heavy (non-hydrogen) atoms. The molecule has 0 radical (unpaired) electrons. The molecule has 0 bridgehead atoms. The van der Waals surface area contributed by atoms with E-state index in [1.807, 2.05) is 24.3 Å². The van der Waals surface area contributed by atoms with E-state index in [9.17, 15) is 9.59 Å². The zero-order chi connectivity index (χ0) is 18.4. The summed E-state index contributed by atoms with van der Waals surface area (Å²) in [5.74, 6) is 0.681. The van der Waals surface area contributed by atoms with Gasteiger partial charge >= 0.3 is 0 Å². The lowest BCUT2D eigenvalue weighted by Gasteiger charge is -2.07. The van der Waals surface area contributed by atoms with Crippen molar-refractivity contribution < 1.29 is 9.53 Å². The van der Waals surface area contributed by atoms with Gasteiger partial charge < -0.3 is 10.1 Å². The summed E-state index contributed by atoms with van der Waals surface area (Å²) in [4.78, 5) is 24.3. The Labute approximate surface area is 150 Å². The predicted octanol–water partition coefficient (Wildman–Crippen LogP) is 1.55. The maximum absolute atomic E-state index is 12.3. The normalized spacial score (nSPS) is 10.7. The average Bonchev–Trinajstić information content (AvgIpc) is 2.68. The van der Waals surface area contributed by atoms with Crippen LogP contribution in [0.3, 0.4) is 0 Å². The van der Waals surface area contributed by atoms with E-state index in [1.54, 1.807) is 31.4 Å². The molecule has 0 fully saturated rings. The first-order valence-corrected chi connectivity index (χ1v) is 8.39. The molecule has 1 N–H and O–H groups in total. The fourth-order valence-corrected chi connectivity index (χ4v) is 2.60. The maximum Gasteiger partial charge on any atom is 0.277 e. The third-order valence-electron chi connectivity index (χ3n) is 4.07. The number of rotatable bonds is 7. The Morgan fingerprint density at radius 3 is 2.69 bits per heavy atom. The molecule has 0 aliphatic heterocycles. The van der Waals surface area contributed by atoms with Gasteiger partial charge in [0.2, 0.25) is 5.91 Å². The van der Waals surface area contributed by atoms with Crippen LogP contribution in [-0.4, -0.2) is 34.6 Å². The molecule has 0 atom stereocenters. The topological polar surface area (TPSA) is 86.1 Å². The molecule has 1 aromatic heterocycles. The number of methoxy groups -OCH3 is 1. The summed E-state index contributed by atoms with van der Waals surface area (Å²) in [7, 11) is 1.63. The average molecular weight is 352 g/mol. The molecule has 2 aromatic carbocycles. The smallest absolute Gasteiger partial charge is 0.277 e. The highest BCUT2D eigenvalue weighted by Gasteiger charge is 2.07. The molecular weight excluding hydrogens is 332 g/mol. The third-order valence-corrected chi connectivity index (χ3v) is 4.07. The monoisotopic (exact) mass is 352 g/mol. The molecule has 134 valence electrons. The van der Waals surface area contributed by atoms with Crippen molar-refractivity contribution in [3.05, 3.63) is 64.4 Å². The number of hydrogen-bond donors (Lipinski definition) is 1. The molecule has 0 saturated carbocycles. The van der Waals surface area contributed by atoms with E-state index < -0.39 is 0 Å². The van der Waals surface area contributed by atoms with Crippen LogP contribution in [0.15, 0.2) is 53.3 Å². The second-order valence-corrected chi connectivity index (χ2v) is 5.83. The Kier molecular flexibility index (Phi) is 5.58. The fraction of sp³-hybridized carbons (Fsp3) is 0.263. The minimum absolute atomic E-state index is 0.125. The highest BCUT2D eigenvalue weighted by molar-refractivity contribution is 5.77. The van der Waals surface area contributed by atoms with E-state index in [2.05, 4.69) is 15.6 Å². The third kappa shape index (κ3) is 4.24. The Morgan fingerprint density at radius 1 is 1.15 bits per heavy atom. The number of aromatic nitrogens is 3. The Hall–Kier alpha value is -3.22. The van der Waals surface area contributed by atoms with Gasteiger partial charge in [-0.25, -0.2) is 4.68 Å². The molecule has 7 heteroatoms. The van der Waals surface area contributed by atoms with Gasteiger partial charge in [-0.15, -0.1) is 5.10 Å². The lowest BCUT2D eigenvalue weighted by Crippen LogP contribution is -2.30.